The predicted octanol–water partition coefficient (Wildman–Crippen LogP) is 4.42. The zero-order valence-corrected chi connectivity index (χ0v) is 19.6. The van der Waals surface area contributed by atoms with Crippen molar-refractivity contribution in [2.24, 2.45) is 0 Å². The molecule has 0 amide bonds. The van der Waals surface area contributed by atoms with Crippen molar-refractivity contribution in [2.45, 2.75) is 51.7 Å². The van der Waals surface area contributed by atoms with Gasteiger partial charge in [0.2, 0.25) is 0 Å². The second-order valence-electron chi connectivity index (χ2n) is 7.97. The summed E-state index contributed by atoms with van der Waals surface area (Å²) in [7, 11) is -3.51. The van der Waals surface area contributed by atoms with Crippen molar-refractivity contribution >= 4 is 9.84 Å². The van der Waals surface area contributed by atoms with Gasteiger partial charge in [-0.1, -0.05) is 6.92 Å². The van der Waals surface area contributed by atoms with Crippen LogP contribution in [0.15, 0.2) is 41.3 Å². The normalized spacial score (nSPS) is 11.7. The molecule has 0 fully saturated rings. The Kier molecular flexibility index (Phi) is 7.26. The molecule has 1 aromatic carbocycles. The summed E-state index contributed by atoms with van der Waals surface area (Å²) in [6.45, 7) is 7.24. The number of nitrogens with zero attached hydrogens (tertiary/aromatic N) is 3. The standard InChI is InChI=1S/C23H25F2N3O4S/c1-5-8-28-12-16(9-15(4)22(28)29)20-11-18(13-33(30,31)14(2)3)26-23(27-20)32-21-7-6-17(24)10-19(21)25/h6-7,9-12,14H,5,8,13H2,1-4H3. The third kappa shape index (κ3) is 5.81. The zero-order valence-electron chi connectivity index (χ0n) is 18.8. The third-order valence-corrected chi connectivity index (χ3v) is 7.08. The van der Waals surface area contributed by atoms with Crippen molar-refractivity contribution in [3.8, 4) is 23.0 Å². The van der Waals surface area contributed by atoms with E-state index in [4.69, 9.17) is 4.74 Å². The lowest BCUT2D eigenvalue weighted by atomic mass is 10.1. The largest absolute Gasteiger partial charge is 0.421 e. The number of aryl methyl sites for hydroxylation is 2. The highest BCUT2D eigenvalue weighted by molar-refractivity contribution is 7.91. The Labute approximate surface area is 191 Å². The van der Waals surface area contributed by atoms with Crippen molar-refractivity contribution in [2.75, 3.05) is 0 Å². The summed E-state index contributed by atoms with van der Waals surface area (Å²) in [5, 5.41) is -0.636. The van der Waals surface area contributed by atoms with Crippen LogP contribution in [-0.2, 0) is 22.1 Å². The minimum absolute atomic E-state index is 0.137. The lowest BCUT2D eigenvalue weighted by molar-refractivity contribution is 0.407. The predicted molar refractivity (Wildman–Crippen MR) is 121 cm³/mol. The first-order valence-corrected chi connectivity index (χ1v) is 12.2. The third-order valence-electron chi connectivity index (χ3n) is 4.95. The molecule has 0 saturated heterocycles. The van der Waals surface area contributed by atoms with Gasteiger partial charge in [-0.25, -0.2) is 17.2 Å². The monoisotopic (exact) mass is 477 g/mol. The molecule has 176 valence electrons. The molecular formula is C23H25F2N3O4S. The van der Waals surface area contributed by atoms with Gasteiger partial charge >= 0.3 is 6.01 Å². The first-order chi connectivity index (χ1) is 15.5. The molecule has 0 aliphatic heterocycles. The Morgan fingerprint density at radius 2 is 1.85 bits per heavy atom. The van der Waals surface area contributed by atoms with E-state index in [-0.39, 0.29) is 28.8 Å². The van der Waals surface area contributed by atoms with Gasteiger partial charge in [-0.05, 0) is 51.5 Å². The number of hydrogen-bond donors (Lipinski definition) is 0. The molecule has 0 atom stereocenters. The van der Waals surface area contributed by atoms with Crippen LogP contribution in [0.3, 0.4) is 0 Å². The lowest BCUT2D eigenvalue weighted by Crippen LogP contribution is -2.22. The first kappa shape index (κ1) is 24.5. The molecule has 0 saturated carbocycles. The highest BCUT2D eigenvalue weighted by Gasteiger charge is 2.20. The van der Waals surface area contributed by atoms with E-state index in [1.165, 1.54) is 6.07 Å². The van der Waals surface area contributed by atoms with Crippen LogP contribution >= 0.6 is 0 Å². The molecule has 0 radical (unpaired) electrons. The molecule has 0 spiro atoms. The quantitative estimate of drug-likeness (QED) is 0.477. The lowest BCUT2D eigenvalue weighted by Gasteiger charge is -2.13. The molecule has 0 N–H and O–H groups in total. The van der Waals surface area contributed by atoms with E-state index in [1.54, 1.807) is 37.6 Å². The Bertz CT molecular complexity index is 1340. The first-order valence-electron chi connectivity index (χ1n) is 10.4. The van der Waals surface area contributed by atoms with Crippen molar-refractivity contribution < 1.29 is 21.9 Å². The Morgan fingerprint density at radius 1 is 1.12 bits per heavy atom. The Morgan fingerprint density at radius 3 is 2.48 bits per heavy atom. The fourth-order valence-electron chi connectivity index (χ4n) is 3.10. The molecule has 3 rings (SSSR count). The maximum absolute atomic E-state index is 14.1. The molecular weight excluding hydrogens is 452 g/mol. The van der Waals surface area contributed by atoms with Gasteiger partial charge in [-0.15, -0.1) is 0 Å². The van der Waals surface area contributed by atoms with E-state index < -0.39 is 26.7 Å². The number of rotatable bonds is 8. The maximum Gasteiger partial charge on any atom is 0.322 e. The van der Waals surface area contributed by atoms with E-state index in [1.807, 2.05) is 6.92 Å². The van der Waals surface area contributed by atoms with Gasteiger partial charge in [-0.2, -0.15) is 9.97 Å². The zero-order chi connectivity index (χ0) is 24.3. The van der Waals surface area contributed by atoms with Crippen LogP contribution in [0.1, 0.15) is 38.4 Å². The number of hydrogen-bond acceptors (Lipinski definition) is 6. The van der Waals surface area contributed by atoms with Gasteiger partial charge in [0.15, 0.2) is 21.4 Å². The van der Waals surface area contributed by atoms with E-state index in [0.29, 0.717) is 29.4 Å². The van der Waals surface area contributed by atoms with Crippen LogP contribution in [0, 0.1) is 18.6 Å². The van der Waals surface area contributed by atoms with Crippen molar-refractivity contribution in [3.05, 3.63) is 69.8 Å². The van der Waals surface area contributed by atoms with E-state index in [2.05, 4.69) is 9.97 Å². The Hall–Kier alpha value is -3.14. The summed E-state index contributed by atoms with van der Waals surface area (Å²) in [6, 6.07) is 5.63. The van der Waals surface area contributed by atoms with Gasteiger partial charge in [0.25, 0.3) is 5.56 Å². The molecule has 7 nitrogen and oxygen atoms in total. The average molecular weight is 478 g/mol. The summed E-state index contributed by atoms with van der Waals surface area (Å²) >= 11 is 0. The van der Waals surface area contributed by atoms with Crippen LogP contribution in [0.4, 0.5) is 8.78 Å². The smallest absolute Gasteiger partial charge is 0.322 e. The van der Waals surface area contributed by atoms with E-state index in [0.717, 1.165) is 18.6 Å². The molecule has 0 bridgehead atoms. The topological polar surface area (TPSA) is 91.2 Å². The SMILES string of the molecule is CCCn1cc(-c2cc(CS(=O)(=O)C(C)C)nc(Oc3ccc(F)cc3F)n2)cc(C)c1=O. The van der Waals surface area contributed by atoms with Crippen LogP contribution in [0.5, 0.6) is 11.8 Å². The molecule has 3 aromatic rings. The van der Waals surface area contributed by atoms with Crippen LogP contribution < -0.4 is 10.3 Å². The van der Waals surface area contributed by atoms with Crippen molar-refractivity contribution in [1.29, 1.82) is 0 Å². The van der Waals surface area contributed by atoms with Crippen LogP contribution in [0.25, 0.3) is 11.3 Å². The molecule has 0 unspecified atom stereocenters. The molecule has 10 heteroatoms. The summed E-state index contributed by atoms with van der Waals surface area (Å²) in [4.78, 5) is 20.8. The van der Waals surface area contributed by atoms with Gasteiger partial charge in [0.1, 0.15) is 5.82 Å². The van der Waals surface area contributed by atoms with Crippen LogP contribution in [-0.4, -0.2) is 28.2 Å². The van der Waals surface area contributed by atoms with Gasteiger partial charge < -0.3 is 9.30 Å². The number of ether oxygens (including phenoxy) is 1. The summed E-state index contributed by atoms with van der Waals surface area (Å²) in [6.07, 6.45) is 2.37. The number of benzene rings is 1. The van der Waals surface area contributed by atoms with Gasteiger partial charge in [-0.3, -0.25) is 4.79 Å². The van der Waals surface area contributed by atoms with Gasteiger partial charge in [0.05, 0.1) is 22.4 Å². The Balaban J connectivity index is 2.14. The maximum atomic E-state index is 14.1. The minimum Gasteiger partial charge on any atom is -0.421 e. The van der Waals surface area contributed by atoms with E-state index in [9.17, 15) is 22.0 Å². The summed E-state index contributed by atoms with van der Waals surface area (Å²) in [5.74, 6) is -2.41. The number of sulfone groups is 1. The molecule has 0 aliphatic rings. The second kappa shape index (κ2) is 9.78. The number of aromatic nitrogens is 3. The number of halogens is 2. The fraction of sp³-hybridized carbons (Fsp3) is 0.348. The second-order valence-corrected chi connectivity index (χ2v) is 10.5. The van der Waals surface area contributed by atoms with Crippen molar-refractivity contribution in [1.82, 2.24) is 14.5 Å². The fourth-order valence-corrected chi connectivity index (χ4v) is 4.00. The highest BCUT2D eigenvalue weighted by atomic mass is 32.2. The van der Waals surface area contributed by atoms with Crippen molar-refractivity contribution in [3.63, 3.8) is 0 Å². The van der Waals surface area contributed by atoms with Gasteiger partial charge in [0, 0.05) is 29.9 Å². The highest BCUT2D eigenvalue weighted by Crippen LogP contribution is 2.27. The molecule has 0 aliphatic carbocycles. The summed E-state index contributed by atoms with van der Waals surface area (Å²) < 4.78 is 59.4. The molecule has 2 aromatic heterocycles. The molecule has 33 heavy (non-hydrogen) atoms. The average Bonchev–Trinajstić information content (AvgIpc) is 2.73. The number of pyridine rings is 1. The minimum atomic E-state index is -3.51. The van der Waals surface area contributed by atoms with E-state index >= 15 is 0 Å². The molecule has 2 heterocycles. The summed E-state index contributed by atoms with van der Waals surface area (Å²) in [5.41, 5.74) is 1.36. The van der Waals surface area contributed by atoms with Crippen LogP contribution in [0.2, 0.25) is 0 Å².